The first-order chi connectivity index (χ1) is 16.4. The van der Waals surface area contributed by atoms with E-state index in [1.807, 2.05) is 74.5 Å². The molecule has 1 atom stereocenters. The average molecular weight is 462 g/mol. The lowest BCUT2D eigenvalue weighted by Gasteiger charge is -2.12. The predicted octanol–water partition coefficient (Wildman–Crippen LogP) is 5.83. The molecule has 176 valence electrons. The Balaban J connectivity index is 1.38. The number of carboxylic acid groups (broad SMARTS) is 1. The maximum Gasteiger partial charge on any atom is 0.333 e. The largest absolute Gasteiger partial charge is 0.486 e. The van der Waals surface area contributed by atoms with Crippen LogP contribution in [0.15, 0.2) is 69.6 Å². The van der Waals surface area contributed by atoms with Crippen molar-refractivity contribution >= 4 is 5.97 Å². The maximum absolute atomic E-state index is 11.3. The highest BCUT2D eigenvalue weighted by atomic mass is 16.5. The van der Waals surface area contributed by atoms with E-state index < -0.39 is 12.1 Å². The van der Waals surface area contributed by atoms with Crippen LogP contribution in [-0.2, 0) is 22.6 Å². The van der Waals surface area contributed by atoms with E-state index >= 15 is 0 Å². The highest BCUT2D eigenvalue weighted by Gasteiger charge is 2.18. The second-order valence-corrected chi connectivity index (χ2v) is 8.05. The summed E-state index contributed by atoms with van der Waals surface area (Å²) in [5.41, 5.74) is 4.63. The van der Waals surface area contributed by atoms with Crippen molar-refractivity contribution in [1.82, 2.24) is 5.16 Å². The number of carbonyl (C=O) groups is 1. The van der Waals surface area contributed by atoms with Crippen molar-refractivity contribution in [2.24, 2.45) is 0 Å². The van der Waals surface area contributed by atoms with Crippen LogP contribution in [0.4, 0.5) is 0 Å². The molecule has 0 aliphatic rings. The molecule has 2 aromatic heterocycles. The van der Waals surface area contributed by atoms with E-state index in [9.17, 15) is 9.90 Å². The third-order valence-electron chi connectivity index (χ3n) is 5.46. The van der Waals surface area contributed by atoms with Gasteiger partial charge in [-0.15, -0.1) is 0 Å². The molecule has 2 heterocycles. The molecule has 0 fully saturated rings. The second kappa shape index (κ2) is 10.4. The van der Waals surface area contributed by atoms with Crippen molar-refractivity contribution < 1.29 is 28.3 Å². The summed E-state index contributed by atoms with van der Waals surface area (Å²) in [6.07, 6.45) is -0.547. The van der Waals surface area contributed by atoms with Gasteiger partial charge in [-0.1, -0.05) is 41.6 Å². The summed E-state index contributed by atoms with van der Waals surface area (Å²) < 4.78 is 22.5. The van der Waals surface area contributed by atoms with E-state index in [0.29, 0.717) is 18.8 Å². The Kier molecular flexibility index (Phi) is 7.13. The fourth-order valence-corrected chi connectivity index (χ4v) is 3.61. The minimum Gasteiger partial charge on any atom is -0.486 e. The van der Waals surface area contributed by atoms with Crippen molar-refractivity contribution in [2.75, 3.05) is 6.61 Å². The summed E-state index contributed by atoms with van der Waals surface area (Å²) in [6.45, 7) is 6.30. The lowest BCUT2D eigenvalue weighted by atomic mass is 10.1. The second-order valence-electron chi connectivity index (χ2n) is 8.05. The summed E-state index contributed by atoms with van der Waals surface area (Å²) in [7, 11) is 0. The van der Waals surface area contributed by atoms with E-state index in [2.05, 4.69) is 5.16 Å². The first-order valence-electron chi connectivity index (χ1n) is 11.1. The van der Waals surface area contributed by atoms with Crippen LogP contribution in [-0.4, -0.2) is 28.9 Å². The van der Waals surface area contributed by atoms with Gasteiger partial charge in [-0.2, -0.15) is 0 Å². The van der Waals surface area contributed by atoms with Crippen LogP contribution in [0.1, 0.15) is 29.5 Å². The highest BCUT2D eigenvalue weighted by molar-refractivity contribution is 5.72. The average Bonchev–Trinajstić information content (AvgIpc) is 3.43. The van der Waals surface area contributed by atoms with Gasteiger partial charge in [0.2, 0.25) is 0 Å². The first kappa shape index (κ1) is 23.3. The molecule has 4 rings (SSSR count). The van der Waals surface area contributed by atoms with Crippen LogP contribution in [0.2, 0.25) is 0 Å². The standard InChI is InChI=1S/C27H27NO6/c1-4-31-25(27(29)30)15-19-5-11-22(12-6-19)32-16-26-17(2)13-23(33-26)20-7-9-21(10-8-20)24-14-18(3)28-34-24/h5-14,25H,4,15-16H2,1-3H3,(H,29,30)/t25-/m0/s1. The van der Waals surface area contributed by atoms with Crippen LogP contribution < -0.4 is 4.74 Å². The van der Waals surface area contributed by atoms with Gasteiger partial charge in [-0.25, -0.2) is 4.79 Å². The molecule has 4 aromatic rings. The van der Waals surface area contributed by atoms with Gasteiger partial charge in [-0.3, -0.25) is 0 Å². The summed E-state index contributed by atoms with van der Waals surface area (Å²) in [5.74, 6) is 1.96. The molecule has 0 saturated heterocycles. The van der Waals surface area contributed by atoms with E-state index in [0.717, 1.165) is 45.2 Å². The van der Waals surface area contributed by atoms with Crippen molar-refractivity contribution in [3.63, 3.8) is 0 Å². The van der Waals surface area contributed by atoms with E-state index in [4.69, 9.17) is 18.4 Å². The molecule has 1 N–H and O–H groups in total. The molecule has 0 radical (unpaired) electrons. The number of ether oxygens (including phenoxy) is 2. The van der Waals surface area contributed by atoms with E-state index in [-0.39, 0.29) is 6.61 Å². The monoisotopic (exact) mass is 461 g/mol. The number of rotatable bonds is 10. The van der Waals surface area contributed by atoms with Gasteiger partial charge < -0.3 is 23.5 Å². The first-order valence-corrected chi connectivity index (χ1v) is 11.1. The molecule has 0 amide bonds. The van der Waals surface area contributed by atoms with Crippen LogP contribution in [0, 0.1) is 13.8 Å². The van der Waals surface area contributed by atoms with Gasteiger partial charge in [0.15, 0.2) is 11.9 Å². The zero-order chi connectivity index (χ0) is 24.1. The third kappa shape index (κ3) is 5.55. The van der Waals surface area contributed by atoms with Gasteiger partial charge >= 0.3 is 5.97 Å². The summed E-state index contributed by atoms with van der Waals surface area (Å²) >= 11 is 0. The van der Waals surface area contributed by atoms with E-state index in [1.54, 1.807) is 6.92 Å². The van der Waals surface area contributed by atoms with E-state index in [1.165, 1.54) is 0 Å². The molecule has 0 aliphatic heterocycles. The molecule has 7 nitrogen and oxygen atoms in total. The Morgan fingerprint density at radius 3 is 2.26 bits per heavy atom. The fourth-order valence-electron chi connectivity index (χ4n) is 3.61. The lowest BCUT2D eigenvalue weighted by Crippen LogP contribution is -2.26. The summed E-state index contributed by atoms with van der Waals surface area (Å²) in [5, 5.41) is 13.2. The third-order valence-corrected chi connectivity index (χ3v) is 5.46. The Hall–Kier alpha value is -3.84. The number of hydrogen-bond acceptors (Lipinski definition) is 6. The van der Waals surface area contributed by atoms with Gasteiger partial charge in [0.05, 0.1) is 5.69 Å². The number of hydrogen-bond donors (Lipinski definition) is 1. The summed E-state index contributed by atoms with van der Waals surface area (Å²) in [4.78, 5) is 11.3. The molecule has 0 bridgehead atoms. The van der Waals surface area contributed by atoms with Gasteiger partial charge in [0.25, 0.3) is 0 Å². The molecule has 0 spiro atoms. The number of aromatic nitrogens is 1. The van der Waals surface area contributed by atoms with Crippen LogP contribution in [0.25, 0.3) is 22.6 Å². The van der Waals surface area contributed by atoms with Crippen molar-refractivity contribution in [3.05, 3.63) is 83.2 Å². The number of nitrogens with zero attached hydrogens (tertiary/aromatic N) is 1. The maximum atomic E-state index is 11.3. The number of carboxylic acids is 1. The van der Waals surface area contributed by atoms with Gasteiger partial charge in [-0.05, 0) is 50.1 Å². The van der Waals surface area contributed by atoms with Gasteiger partial charge in [0.1, 0.15) is 23.9 Å². The number of furan rings is 1. The fraction of sp³-hybridized carbons (Fsp3) is 0.259. The Morgan fingerprint density at radius 1 is 1.00 bits per heavy atom. The van der Waals surface area contributed by atoms with Crippen LogP contribution in [0.5, 0.6) is 5.75 Å². The van der Waals surface area contributed by atoms with Crippen LogP contribution >= 0.6 is 0 Å². The quantitative estimate of drug-likeness (QED) is 0.317. The molecule has 2 aromatic carbocycles. The Morgan fingerprint density at radius 2 is 1.68 bits per heavy atom. The lowest BCUT2D eigenvalue weighted by molar-refractivity contribution is -0.149. The Labute approximate surface area is 197 Å². The predicted molar refractivity (Wildman–Crippen MR) is 127 cm³/mol. The molecular formula is C27H27NO6. The SMILES string of the molecule is CCO[C@@H](Cc1ccc(OCc2oc(-c3ccc(-c4cc(C)no4)cc3)cc2C)cc1)C(=O)O. The molecule has 0 aliphatic carbocycles. The molecule has 34 heavy (non-hydrogen) atoms. The summed E-state index contributed by atoms with van der Waals surface area (Å²) in [6, 6.07) is 19.2. The number of aryl methyl sites for hydroxylation is 2. The smallest absolute Gasteiger partial charge is 0.333 e. The zero-order valence-corrected chi connectivity index (χ0v) is 19.4. The molecule has 0 saturated carbocycles. The Bertz CT molecular complexity index is 1240. The number of benzene rings is 2. The molecular weight excluding hydrogens is 434 g/mol. The number of aliphatic carboxylic acids is 1. The van der Waals surface area contributed by atoms with Crippen molar-refractivity contribution in [2.45, 2.75) is 39.9 Å². The van der Waals surface area contributed by atoms with Gasteiger partial charge in [0, 0.05) is 30.2 Å². The molecule has 7 heteroatoms. The topological polar surface area (TPSA) is 94.9 Å². The van der Waals surface area contributed by atoms with Crippen LogP contribution in [0.3, 0.4) is 0 Å². The molecule has 0 unspecified atom stereocenters. The minimum absolute atomic E-state index is 0.289. The van der Waals surface area contributed by atoms with Crippen molar-refractivity contribution in [3.8, 4) is 28.4 Å². The minimum atomic E-state index is -0.964. The highest BCUT2D eigenvalue weighted by Crippen LogP contribution is 2.29. The zero-order valence-electron chi connectivity index (χ0n) is 19.4. The normalized spacial score (nSPS) is 12.0. The van der Waals surface area contributed by atoms with Crippen molar-refractivity contribution in [1.29, 1.82) is 0 Å².